The van der Waals surface area contributed by atoms with Crippen LogP contribution in [0, 0.1) is 0 Å². The molecule has 8 nitrogen and oxygen atoms in total. The van der Waals surface area contributed by atoms with E-state index in [9.17, 15) is 16.8 Å². The number of benzene rings is 1. The highest BCUT2D eigenvalue weighted by Gasteiger charge is 2.20. The molecule has 0 saturated carbocycles. The van der Waals surface area contributed by atoms with E-state index < -0.39 is 26.1 Å². The van der Waals surface area contributed by atoms with Crippen molar-refractivity contribution in [2.45, 2.75) is 22.9 Å². The monoisotopic (exact) mass is 330 g/mol. The average Bonchev–Trinajstić information content (AvgIpc) is 2.92. The van der Waals surface area contributed by atoms with Crippen molar-refractivity contribution < 1.29 is 16.8 Å². The summed E-state index contributed by atoms with van der Waals surface area (Å²) in [6.07, 6.45) is 2.43. The lowest BCUT2D eigenvalue weighted by Gasteiger charge is -2.14. The lowest BCUT2D eigenvalue weighted by molar-refractivity contribution is 0.563. The van der Waals surface area contributed by atoms with Crippen LogP contribution in [0.3, 0.4) is 0 Å². The number of nitrogens with two attached hydrogens (primary N) is 1. The second-order valence-electron chi connectivity index (χ2n) is 4.38. The Morgan fingerprint density at radius 2 is 2.00 bits per heavy atom. The van der Waals surface area contributed by atoms with Crippen LogP contribution in [0.4, 0.5) is 0 Å². The zero-order valence-electron chi connectivity index (χ0n) is 11.0. The standard InChI is InChI=1S/C11H14N4O4S2/c1-8(15-21(18,19)11-6-13-7-14-11)9-3-2-4-10(5-9)20(12,16)17/h2-8,15H,1H3,(H,13,14)(H2,12,16,17). The fourth-order valence-electron chi connectivity index (χ4n) is 1.72. The van der Waals surface area contributed by atoms with E-state index >= 15 is 0 Å². The van der Waals surface area contributed by atoms with Gasteiger partial charge in [0.1, 0.15) is 0 Å². The quantitative estimate of drug-likeness (QED) is 0.714. The van der Waals surface area contributed by atoms with E-state index in [0.717, 1.165) is 0 Å². The van der Waals surface area contributed by atoms with Gasteiger partial charge in [-0.1, -0.05) is 12.1 Å². The van der Waals surface area contributed by atoms with Crippen LogP contribution in [0.15, 0.2) is 46.7 Å². The molecule has 0 bridgehead atoms. The molecule has 21 heavy (non-hydrogen) atoms. The van der Waals surface area contributed by atoms with E-state index in [1.807, 2.05) is 0 Å². The number of rotatable bonds is 5. The second-order valence-corrected chi connectivity index (χ2v) is 7.62. The zero-order valence-corrected chi connectivity index (χ0v) is 12.6. The molecule has 1 aromatic carbocycles. The third-order valence-corrected chi connectivity index (χ3v) is 5.16. The van der Waals surface area contributed by atoms with Gasteiger partial charge in [0.15, 0.2) is 5.03 Å². The first-order valence-corrected chi connectivity index (χ1v) is 8.86. The van der Waals surface area contributed by atoms with E-state index in [1.54, 1.807) is 13.0 Å². The predicted molar refractivity (Wildman–Crippen MR) is 75.1 cm³/mol. The lowest BCUT2D eigenvalue weighted by Crippen LogP contribution is -2.27. The zero-order chi connectivity index (χ0) is 15.7. The maximum atomic E-state index is 12.0. The normalized spacial score (nSPS) is 14.0. The Morgan fingerprint density at radius 3 is 2.57 bits per heavy atom. The molecule has 0 radical (unpaired) electrons. The van der Waals surface area contributed by atoms with Gasteiger partial charge in [-0.15, -0.1) is 0 Å². The number of imidazole rings is 1. The van der Waals surface area contributed by atoms with Gasteiger partial charge in [0, 0.05) is 6.04 Å². The van der Waals surface area contributed by atoms with Crippen LogP contribution < -0.4 is 9.86 Å². The van der Waals surface area contributed by atoms with Crippen LogP contribution in [0.25, 0.3) is 0 Å². The van der Waals surface area contributed by atoms with E-state index in [1.165, 1.54) is 30.7 Å². The van der Waals surface area contributed by atoms with Crippen molar-refractivity contribution in [1.29, 1.82) is 0 Å². The van der Waals surface area contributed by atoms with E-state index in [0.29, 0.717) is 5.56 Å². The number of aromatic nitrogens is 2. The summed E-state index contributed by atoms with van der Waals surface area (Å²) >= 11 is 0. The third-order valence-electron chi connectivity index (χ3n) is 2.78. The molecule has 0 saturated heterocycles. The van der Waals surface area contributed by atoms with Gasteiger partial charge in [-0.2, -0.15) is 0 Å². The molecular weight excluding hydrogens is 316 g/mol. The number of nitrogens with zero attached hydrogens (tertiary/aromatic N) is 1. The molecule has 2 rings (SSSR count). The number of nitrogens with one attached hydrogen (secondary N) is 2. The third kappa shape index (κ3) is 3.67. The summed E-state index contributed by atoms with van der Waals surface area (Å²) in [5, 5.41) is 4.98. The number of hydrogen-bond acceptors (Lipinski definition) is 5. The van der Waals surface area contributed by atoms with Crippen molar-refractivity contribution in [1.82, 2.24) is 14.7 Å². The Morgan fingerprint density at radius 1 is 1.29 bits per heavy atom. The Balaban J connectivity index is 2.28. The summed E-state index contributed by atoms with van der Waals surface area (Å²) in [7, 11) is -7.60. The first-order valence-electron chi connectivity index (χ1n) is 5.83. The molecule has 4 N–H and O–H groups in total. The predicted octanol–water partition coefficient (Wildman–Crippen LogP) is 0.0966. The maximum absolute atomic E-state index is 12.0. The molecule has 0 fully saturated rings. The van der Waals surface area contributed by atoms with E-state index in [-0.39, 0.29) is 9.92 Å². The summed E-state index contributed by atoms with van der Waals surface area (Å²) in [6, 6.07) is 5.13. The lowest BCUT2D eigenvalue weighted by atomic mass is 10.1. The summed E-state index contributed by atoms with van der Waals surface area (Å²) in [4.78, 5) is 6.06. The van der Waals surface area contributed by atoms with Crippen LogP contribution in [-0.4, -0.2) is 26.8 Å². The minimum Gasteiger partial charge on any atom is -0.335 e. The molecule has 2 aromatic rings. The Bertz CT molecular complexity index is 829. The van der Waals surface area contributed by atoms with E-state index in [2.05, 4.69) is 14.7 Å². The van der Waals surface area contributed by atoms with Crippen molar-refractivity contribution in [3.05, 3.63) is 42.4 Å². The second kappa shape index (κ2) is 5.56. The summed E-state index contributed by atoms with van der Waals surface area (Å²) in [6.45, 7) is 1.59. The molecule has 10 heteroatoms. The van der Waals surface area contributed by atoms with Gasteiger partial charge >= 0.3 is 0 Å². The molecule has 1 atom stereocenters. The van der Waals surface area contributed by atoms with Gasteiger partial charge in [-0.25, -0.2) is 31.7 Å². The smallest absolute Gasteiger partial charge is 0.258 e. The van der Waals surface area contributed by atoms with Gasteiger partial charge in [-0.3, -0.25) is 0 Å². The first kappa shape index (κ1) is 15.6. The highest BCUT2D eigenvalue weighted by molar-refractivity contribution is 7.89. The van der Waals surface area contributed by atoms with Crippen molar-refractivity contribution in [3.8, 4) is 0 Å². The van der Waals surface area contributed by atoms with Gasteiger partial charge in [-0.05, 0) is 24.6 Å². The molecule has 1 aromatic heterocycles. The molecule has 1 heterocycles. The van der Waals surface area contributed by atoms with Gasteiger partial charge < -0.3 is 4.98 Å². The van der Waals surface area contributed by atoms with Crippen molar-refractivity contribution >= 4 is 20.0 Å². The van der Waals surface area contributed by atoms with Gasteiger partial charge in [0.25, 0.3) is 10.0 Å². The Labute approximate surface area is 122 Å². The molecule has 114 valence electrons. The van der Waals surface area contributed by atoms with Crippen molar-refractivity contribution in [2.75, 3.05) is 0 Å². The molecular formula is C11H14N4O4S2. The number of sulfonamides is 2. The molecule has 0 spiro atoms. The fourth-order valence-corrected chi connectivity index (χ4v) is 3.42. The van der Waals surface area contributed by atoms with Crippen LogP contribution in [0.2, 0.25) is 0 Å². The number of aromatic amines is 1. The van der Waals surface area contributed by atoms with Gasteiger partial charge in [0.05, 0.1) is 17.4 Å². The highest BCUT2D eigenvalue weighted by Crippen LogP contribution is 2.18. The minimum absolute atomic E-state index is 0.0723. The van der Waals surface area contributed by atoms with Gasteiger partial charge in [0.2, 0.25) is 10.0 Å². The SMILES string of the molecule is CC(NS(=O)(=O)c1cnc[nH]1)c1cccc(S(N)(=O)=O)c1. The van der Waals surface area contributed by atoms with Crippen LogP contribution in [0.5, 0.6) is 0 Å². The molecule has 0 aliphatic carbocycles. The summed E-state index contributed by atoms with van der Waals surface area (Å²) in [5.74, 6) is 0. The largest absolute Gasteiger partial charge is 0.335 e. The summed E-state index contributed by atoms with van der Waals surface area (Å²) < 4.78 is 49.1. The van der Waals surface area contributed by atoms with Crippen LogP contribution >= 0.6 is 0 Å². The average molecular weight is 330 g/mol. The topological polar surface area (TPSA) is 135 Å². The van der Waals surface area contributed by atoms with Crippen LogP contribution in [0.1, 0.15) is 18.5 Å². The minimum atomic E-state index is -3.84. The molecule has 0 aliphatic heterocycles. The highest BCUT2D eigenvalue weighted by atomic mass is 32.2. The fraction of sp³-hybridized carbons (Fsp3) is 0.182. The Kier molecular flexibility index (Phi) is 4.14. The van der Waals surface area contributed by atoms with Crippen molar-refractivity contribution in [2.24, 2.45) is 5.14 Å². The molecule has 1 unspecified atom stereocenters. The first-order chi connectivity index (χ1) is 9.70. The van der Waals surface area contributed by atoms with E-state index in [4.69, 9.17) is 5.14 Å². The number of primary sulfonamides is 1. The van der Waals surface area contributed by atoms with Crippen molar-refractivity contribution in [3.63, 3.8) is 0 Å². The summed E-state index contributed by atoms with van der Waals surface area (Å²) in [5.41, 5.74) is 0.476. The molecule has 0 aliphatic rings. The molecule has 0 amide bonds. The maximum Gasteiger partial charge on any atom is 0.258 e. The Hall–Kier alpha value is -1.75. The number of hydrogen-bond donors (Lipinski definition) is 3. The number of H-pyrrole nitrogens is 1. The van der Waals surface area contributed by atoms with Crippen LogP contribution in [-0.2, 0) is 20.0 Å².